The Morgan fingerprint density at radius 3 is 2.49 bits per heavy atom. The van der Waals surface area contributed by atoms with Gasteiger partial charge < -0.3 is 19.5 Å². The molecule has 0 bridgehead atoms. The van der Waals surface area contributed by atoms with Crippen molar-refractivity contribution in [1.82, 2.24) is 14.9 Å². The number of anilines is 2. The third-order valence-electron chi connectivity index (χ3n) is 6.74. The van der Waals surface area contributed by atoms with Crippen molar-refractivity contribution in [3.8, 4) is 11.4 Å². The normalized spacial score (nSPS) is 17.3. The number of rotatable bonds is 7. The van der Waals surface area contributed by atoms with Crippen molar-refractivity contribution >= 4 is 38.7 Å². The summed E-state index contributed by atoms with van der Waals surface area (Å²) in [7, 11) is -2.04. The van der Waals surface area contributed by atoms with Crippen molar-refractivity contribution < 1.29 is 17.5 Å². The van der Waals surface area contributed by atoms with Gasteiger partial charge in [-0.1, -0.05) is 18.2 Å². The lowest BCUT2D eigenvalue weighted by atomic mass is 9.96. The van der Waals surface area contributed by atoms with Gasteiger partial charge in [0, 0.05) is 29.3 Å². The van der Waals surface area contributed by atoms with Crippen LogP contribution in [0.2, 0.25) is 0 Å². The summed E-state index contributed by atoms with van der Waals surface area (Å²) in [4.78, 5) is 6.57. The molecule has 0 amide bonds. The lowest BCUT2D eigenvalue weighted by Crippen LogP contribution is -2.29. The maximum atomic E-state index is 14.9. The van der Waals surface area contributed by atoms with Gasteiger partial charge in [-0.3, -0.25) is 9.71 Å². The van der Waals surface area contributed by atoms with Crippen molar-refractivity contribution in [1.29, 1.82) is 0 Å². The van der Waals surface area contributed by atoms with Crippen molar-refractivity contribution in [2.75, 3.05) is 23.0 Å². The van der Waals surface area contributed by atoms with E-state index < -0.39 is 10.0 Å². The fraction of sp³-hybridized carbons (Fsp3) is 0.214. The highest BCUT2D eigenvalue weighted by Gasteiger charge is 2.42. The summed E-state index contributed by atoms with van der Waals surface area (Å²) >= 11 is 5.84. The van der Waals surface area contributed by atoms with E-state index in [0.29, 0.717) is 27.9 Å². The number of nitrogens with zero attached hydrogens (tertiary/aromatic N) is 3. The van der Waals surface area contributed by atoms with E-state index in [1.54, 1.807) is 36.5 Å². The first-order valence-corrected chi connectivity index (χ1v) is 14.5. The third kappa shape index (κ3) is 5.07. The molecule has 1 aliphatic heterocycles. The SMILES string of the molecule is COc1cc(N2C(=S)N[C@@H](c3ccccn3)[C@@H]2c2cc(C)n(-c3ccccc3F)c2C)ccc1NS(C)(=O)=O. The predicted octanol–water partition coefficient (Wildman–Crippen LogP) is 5.19. The highest BCUT2D eigenvalue weighted by Crippen LogP contribution is 2.45. The molecule has 3 heterocycles. The first-order valence-electron chi connectivity index (χ1n) is 12.2. The zero-order chi connectivity index (χ0) is 27.9. The second kappa shape index (κ2) is 10.3. The van der Waals surface area contributed by atoms with E-state index in [-0.39, 0.29) is 17.9 Å². The highest BCUT2D eigenvalue weighted by molar-refractivity contribution is 7.92. The van der Waals surface area contributed by atoms with Crippen molar-refractivity contribution in [3.63, 3.8) is 0 Å². The van der Waals surface area contributed by atoms with E-state index in [1.807, 2.05) is 53.6 Å². The smallest absolute Gasteiger partial charge is 0.229 e. The molecular formula is C28H28FN5O3S2. The average molecular weight is 566 g/mol. The molecule has 39 heavy (non-hydrogen) atoms. The molecule has 4 aromatic rings. The number of thiocarbonyl (C=S) groups is 1. The molecule has 2 atom stereocenters. The number of nitrogens with one attached hydrogen (secondary N) is 2. The van der Waals surface area contributed by atoms with Crippen LogP contribution in [0.1, 0.15) is 34.7 Å². The zero-order valence-corrected chi connectivity index (χ0v) is 23.5. The fourth-order valence-electron chi connectivity index (χ4n) is 5.15. The number of aromatic nitrogens is 2. The van der Waals surface area contributed by atoms with Crippen LogP contribution in [0.15, 0.2) is 72.9 Å². The lowest BCUT2D eigenvalue weighted by molar-refractivity contribution is 0.417. The summed E-state index contributed by atoms with van der Waals surface area (Å²) in [5, 5.41) is 3.89. The minimum Gasteiger partial charge on any atom is -0.494 e. The van der Waals surface area contributed by atoms with Gasteiger partial charge in [0.15, 0.2) is 5.11 Å². The van der Waals surface area contributed by atoms with Crippen LogP contribution in [-0.4, -0.2) is 36.4 Å². The number of benzene rings is 2. The van der Waals surface area contributed by atoms with E-state index in [1.165, 1.54) is 13.2 Å². The molecular weight excluding hydrogens is 537 g/mol. The number of halogens is 1. The quantitative estimate of drug-likeness (QED) is 0.298. The first-order chi connectivity index (χ1) is 18.6. The summed E-state index contributed by atoms with van der Waals surface area (Å²) in [6.45, 7) is 3.90. The summed E-state index contributed by atoms with van der Waals surface area (Å²) in [6.07, 6.45) is 2.82. The number of aryl methyl sites for hydroxylation is 1. The number of ether oxygens (including phenoxy) is 1. The van der Waals surface area contributed by atoms with Gasteiger partial charge in [-0.25, -0.2) is 12.8 Å². The number of pyridine rings is 1. The summed E-state index contributed by atoms with van der Waals surface area (Å²) in [5.41, 5.74) is 4.95. The Hall–Kier alpha value is -3.96. The topological polar surface area (TPSA) is 88.5 Å². The Morgan fingerprint density at radius 1 is 1.08 bits per heavy atom. The molecule has 202 valence electrons. The van der Waals surface area contributed by atoms with Crippen molar-refractivity contribution in [3.05, 3.63) is 101 Å². The van der Waals surface area contributed by atoms with Gasteiger partial charge in [0.2, 0.25) is 10.0 Å². The molecule has 2 N–H and O–H groups in total. The van der Waals surface area contributed by atoms with Crippen LogP contribution < -0.4 is 19.7 Å². The third-order valence-corrected chi connectivity index (χ3v) is 7.64. The minimum atomic E-state index is -3.51. The molecule has 0 saturated carbocycles. The summed E-state index contributed by atoms with van der Waals surface area (Å²) in [6, 6.07) is 18.9. The largest absolute Gasteiger partial charge is 0.494 e. The molecule has 8 nitrogen and oxygen atoms in total. The Labute approximate surface area is 232 Å². The predicted molar refractivity (Wildman–Crippen MR) is 155 cm³/mol. The van der Waals surface area contributed by atoms with Gasteiger partial charge in [-0.2, -0.15) is 0 Å². The van der Waals surface area contributed by atoms with Crippen LogP contribution in [0.4, 0.5) is 15.8 Å². The maximum absolute atomic E-state index is 14.9. The first kappa shape index (κ1) is 26.6. The van der Waals surface area contributed by atoms with Crippen LogP contribution in [0.3, 0.4) is 0 Å². The molecule has 11 heteroatoms. The maximum Gasteiger partial charge on any atom is 0.229 e. The number of sulfonamides is 1. The lowest BCUT2D eigenvalue weighted by Gasteiger charge is -2.29. The second-order valence-electron chi connectivity index (χ2n) is 9.37. The Morgan fingerprint density at radius 2 is 1.82 bits per heavy atom. The zero-order valence-electron chi connectivity index (χ0n) is 21.8. The number of methoxy groups -OCH3 is 1. The molecule has 1 saturated heterocycles. The monoisotopic (exact) mass is 565 g/mol. The van der Waals surface area contributed by atoms with E-state index in [4.69, 9.17) is 17.0 Å². The minimum absolute atomic E-state index is 0.312. The van der Waals surface area contributed by atoms with Gasteiger partial charge in [0.25, 0.3) is 0 Å². The molecule has 0 unspecified atom stereocenters. The summed E-state index contributed by atoms with van der Waals surface area (Å²) in [5.74, 6) is 0.0281. The van der Waals surface area contributed by atoms with Crippen LogP contribution in [0.25, 0.3) is 5.69 Å². The molecule has 0 aliphatic carbocycles. The standard InChI is InChI=1S/C28H28FN5O3S2/c1-17-15-20(18(2)33(17)24-11-6-5-9-21(24)29)27-26(23-10-7-8-14-30-23)31-28(38)34(27)19-12-13-22(25(16-19)37-3)32-39(4,35)36/h5-16,26-27,32H,1-4H3,(H,31,38)/t26-,27-/m0/s1. The second-order valence-corrected chi connectivity index (χ2v) is 11.5. The molecule has 1 fully saturated rings. The number of para-hydroxylation sites is 1. The molecule has 1 aliphatic rings. The molecule has 0 radical (unpaired) electrons. The van der Waals surface area contributed by atoms with Gasteiger partial charge >= 0.3 is 0 Å². The van der Waals surface area contributed by atoms with Crippen LogP contribution in [0, 0.1) is 19.7 Å². The molecule has 2 aromatic heterocycles. The Bertz CT molecular complexity index is 1660. The summed E-state index contributed by atoms with van der Waals surface area (Å²) < 4.78 is 48.5. The van der Waals surface area contributed by atoms with Gasteiger partial charge in [0.1, 0.15) is 11.6 Å². The van der Waals surface area contributed by atoms with E-state index in [2.05, 4.69) is 15.0 Å². The van der Waals surface area contributed by atoms with Gasteiger partial charge in [0.05, 0.1) is 42.5 Å². The van der Waals surface area contributed by atoms with Gasteiger partial charge in [-0.15, -0.1) is 0 Å². The van der Waals surface area contributed by atoms with E-state index >= 15 is 0 Å². The number of hydrogen-bond acceptors (Lipinski definition) is 5. The highest BCUT2D eigenvalue weighted by atomic mass is 32.2. The Balaban J connectivity index is 1.67. The van der Waals surface area contributed by atoms with Crippen molar-refractivity contribution in [2.24, 2.45) is 0 Å². The molecule has 5 rings (SSSR count). The average Bonchev–Trinajstić information content (AvgIpc) is 3.39. The van der Waals surface area contributed by atoms with Crippen LogP contribution >= 0.6 is 12.2 Å². The number of hydrogen-bond donors (Lipinski definition) is 2. The van der Waals surface area contributed by atoms with Crippen LogP contribution in [-0.2, 0) is 10.0 Å². The molecule has 0 spiro atoms. The van der Waals surface area contributed by atoms with E-state index in [9.17, 15) is 12.8 Å². The van der Waals surface area contributed by atoms with E-state index in [0.717, 1.165) is 28.9 Å². The fourth-order valence-corrected chi connectivity index (χ4v) is 6.07. The Kier molecular flexibility index (Phi) is 7.04. The van der Waals surface area contributed by atoms with Crippen LogP contribution in [0.5, 0.6) is 5.75 Å². The molecule has 2 aromatic carbocycles. The van der Waals surface area contributed by atoms with Gasteiger partial charge in [-0.05, 0) is 74.1 Å². The van der Waals surface area contributed by atoms with Crippen molar-refractivity contribution in [2.45, 2.75) is 25.9 Å².